The molecule has 1 aromatic carbocycles. The molecule has 18 heavy (non-hydrogen) atoms. The van der Waals surface area contributed by atoms with E-state index in [1.807, 2.05) is 13.0 Å². The van der Waals surface area contributed by atoms with Gasteiger partial charge in [-0.25, -0.2) is 4.39 Å². The molecule has 0 bridgehead atoms. The van der Waals surface area contributed by atoms with Gasteiger partial charge in [-0.2, -0.15) is 0 Å². The van der Waals surface area contributed by atoms with E-state index >= 15 is 0 Å². The molecule has 1 fully saturated rings. The highest BCUT2D eigenvalue weighted by Gasteiger charge is 2.18. The van der Waals surface area contributed by atoms with Crippen molar-refractivity contribution in [1.82, 2.24) is 5.32 Å². The Morgan fingerprint density at radius 3 is 2.94 bits per heavy atom. The first-order valence-corrected chi connectivity index (χ1v) is 7.11. The van der Waals surface area contributed by atoms with Gasteiger partial charge in [-0.05, 0) is 61.4 Å². The van der Waals surface area contributed by atoms with Crippen molar-refractivity contribution in [3.8, 4) is 0 Å². The Morgan fingerprint density at radius 1 is 1.33 bits per heavy atom. The molecular formula is C16H24FN. The SMILES string of the molecule is Cc1ccc(F)cc1CNCC1CCCC(C)C1. The molecule has 2 heteroatoms. The maximum Gasteiger partial charge on any atom is 0.123 e. The van der Waals surface area contributed by atoms with Crippen molar-refractivity contribution < 1.29 is 4.39 Å². The summed E-state index contributed by atoms with van der Waals surface area (Å²) in [6.45, 7) is 6.25. The molecule has 1 aliphatic carbocycles. The fraction of sp³-hybridized carbons (Fsp3) is 0.625. The van der Waals surface area contributed by atoms with Crippen molar-refractivity contribution >= 4 is 0 Å². The van der Waals surface area contributed by atoms with Crippen LogP contribution in [0.4, 0.5) is 4.39 Å². The van der Waals surface area contributed by atoms with Crippen LogP contribution in [0.3, 0.4) is 0 Å². The first-order chi connectivity index (χ1) is 8.65. The van der Waals surface area contributed by atoms with Gasteiger partial charge in [0.05, 0.1) is 0 Å². The molecule has 0 aliphatic heterocycles. The quantitative estimate of drug-likeness (QED) is 0.849. The lowest BCUT2D eigenvalue weighted by Gasteiger charge is -2.27. The summed E-state index contributed by atoms with van der Waals surface area (Å²) in [5.41, 5.74) is 2.25. The number of rotatable bonds is 4. The van der Waals surface area contributed by atoms with E-state index in [-0.39, 0.29) is 5.82 Å². The fourth-order valence-corrected chi connectivity index (χ4v) is 2.99. The third kappa shape index (κ3) is 3.81. The maximum atomic E-state index is 13.2. The second-order valence-electron chi connectivity index (χ2n) is 5.84. The van der Waals surface area contributed by atoms with Gasteiger partial charge in [-0.1, -0.05) is 25.8 Å². The molecule has 2 unspecified atom stereocenters. The number of nitrogens with one attached hydrogen (secondary N) is 1. The number of aryl methyl sites for hydroxylation is 1. The van der Waals surface area contributed by atoms with Gasteiger partial charge in [0.1, 0.15) is 5.82 Å². The van der Waals surface area contributed by atoms with E-state index in [1.165, 1.54) is 37.3 Å². The van der Waals surface area contributed by atoms with Crippen molar-refractivity contribution in [2.75, 3.05) is 6.54 Å². The summed E-state index contributed by atoms with van der Waals surface area (Å²) in [6.07, 6.45) is 5.45. The van der Waals surface area contributed by atoms with E-state index < -0.39 is 0 Å². The Labute approximate surface area is 110 Å². The lowest BCUT2D eigenvalue weighted by Crippen LogP contribution is -2.26. The van der Waals surface area contributed by atoms with Crippen LogP contribution in [-0.2, 0) is 6.54 Å². The summed E-state index contributed by atoms with van der Waals surface area (Å²) in [5, 5.41) is 3.49. The minimum atomic E-state index is -0.135. The van der Waals surface area contributed by atoms with Crippen LogP contribution in [0.1, 0.15) is 43.7 Å². The van der Waals surface area contributed by atoms with Gasteiger partial charge in [-0.3, -0.25) is 0 Å². The van der Waals surface area contributed by atoms with E-state index in [4.69, 9.17) is 0 Å². The average Bonchev–Trinajstić information content (AvgIpc) is 2.34. The smallest absolute Gasteiger partial charge is 0.123 e. The van der Waals surface area contributed by atoms with Crippen LogP contribution in [0.5, 0.6) is 0 Å². The summed E-state index contributed by atoms with van der Waals surface area (Å²) in [6, 6.07) is 5.03. The minimum absolute atomic E-state index is 0.135. The molecule has 1 nitrogen and oxygen atoms in total. The van der Waals surface area contributed by atoms with Crippen molar-refractivity contribution in [1.29, 1.82) is 0 Å². The van der Waals surface area contributed by atoms with Gasteiger partial charge >= 0.3 is 0 Å². The molecule has 0 radical (unpaired) electrons. The molecule has 0 saturated heterocycles. The first kappa shape index (κ1) is 13.5. The highest BCUT2D eigenvalue weighted by Crippen LogP contribution is 2.28. The Bertz CT molecular complexity index is 389. The molecule has 100 valence electrons. The van der Waals surface area contributed by atoms with Crippen LogP contribution in [0.15, 0.2) is 18.2 Å². The third-order valence-electron chi connectivity index (χ3n) is 4.10. The molecule has 2 rings (SSSR count). The van der Waals surface area contributed by atoms with Gasteiger partial charge in [0, 0.05) is 6.54 Å². The molecule has 0 amide bonds. The van der Waals surface area contributed by atoms with E-state index in [0.717, 1.165) is 30.5 Å². The molecule has 0 heterocycles. The van der Waals surface area contributed by atoms with Crippen LogP contribution in [0.2, 0.25) is 0 Å². The lowest BCUT2D eigenvalue weighted by molar-refractivity contribution is 0.274. The van der Waals surface area contributed by atoms with Crippen molar-refractivity contribution in [2.45, 2.75) is 46.1 Å². The minimum Gasteiger partial charge on any atom is -0.312 e. The zero-order valence-corrected chi connectivity index (χ0v) is 11.5. The average molecular weight is 249 g/mol. The number of benzene rings is 1. The van der Waals surface area contributed by atoms with Gasteiger partial charge in [0.2, 0.25) is 0 Å². The maximum absolute atomic E-state index is 13.2. The summed E-state index contributed by atoms with van der Waals surface area (Å²) >= 11 is 0. The number of halogens is 1. The third-order valence-corrected chi connectivity index (χ3v) is 4.10. The zero-order chi connectivity index (χ0) is 13.0. The summed E-state index contributed by atoms with van der Waals surface area (Å²) in [7, 11) is 0. The first-order valence-electron chi connectivity index (χ1n) is 7.11. The highest BCUT2D eigenvalue weighted by molar-refractivity contribution is 5.26. The zero-order valence-electron chi connectivity index (χ0n) is 11.5. The highest BCUT2D eigenvalue weighted by atomic mass is 19.1. The second-order valence-corrected chi connectivity index (χ2v) is 5.84. The normalized spacial score (nSPS) is 24.2. The Hall–Kier alpha value is -0.890. The van der Waals surface area contributed by atoms with E-state index in [2.05, 4.69) is 12.2 Å². The molecule has 0 aromatic heterocycles. The molecule has 1 aliphatic rings. The molecule has 1 aromatic rings. The Balaban J connectivity index is 1.79. The van der Waals surface area contributed by atoms with Gasteiger partial charge in [-0.15, -0.1) is 0 Å². The van der Waals surface area contributed by atoms with Crippen molar-refractivity contribution in [2.24, 2.45) is 11.8 Å². The van der Waals surface area contributed by atoms with Crippen LogP contribution < -0.4 is 5.32 Å². The molecule has 0 spiro atoms. The monoisotopic (exact) mass is 249 g/mol. The summed E-state index contributed by atoms with van der Waals surface area (Å²) in [5.74, 6) is 1.55. The number of hydrogen-bond donors (Lipinski definition) is 1. The Morgan fingerprint density at radius 2 is 2.17 bits per heavy atom. The predicted molar refractivity (Wildman–Crippen MR) is 74.0 cm³/mol. The van der Waals surface area contributed by atoms with Gasteiger partial charge in [0.25, 0.3) is 0 Å². The lowest BCUT2D eigenvalue weighted by atomic mass is 9.82. The molecular weight excluding hydrogens is 225 g/mol. The second kappa shape index (κ2) is 6.33. The van der Waals surface area contributed by atoms with E-state index in [9.17, 15) is 4.39 Å². The fourth-order valence-electron chi connectivity index (χ4n) is 2.99. The Kier molecular flexibility index (Phi) is 4.76. The molecule has 1 saturated carbocycles. The molecule has 1 N–H and O–H groups in total. The largest absolute Gasteiger partial charge is 0.312 e. The predicted octanol–water partition coefficient (Wildman–Crippen LogP) is 4.05. The summed E-state index contributed by atoms with van der Waals surface area (Å²) in [4.78, 5) is 0. The summed E-state index contributed by atoms with van der Waals surface area (Å²) < 4.78 is 13.2. The van der Waals surface area contributed by atoms with Crippen LogP contribution in [0, 0.1) is 24.6 Å². The van der Waals surface area contributed by atoms with E-state index in [0.29, 0.717) is 0 Å². The van der Waals surface area contributed by atoms with Crippen LogP contribution >= 0.6 is 0 Å². The van der Waals surface area contributed by atoms with Crippen molar-refractivity contribution in [3.05, 3.63) is 35.1 Å². The van der Waals surface area contributed by atoms with Gasteiger partial charge in [0.15, 0.2) is 0 Å². The van der Waals surface area contributed by atoms with Gasteiger partial charge < -0.3 is 5.32 Å². The standard InChI is InChI=1S/C16H24FN/c1-12-4-3-5-14(8-12)10-18-11-15-9-16(17)7-6-13(15)2/h6-7,9,12,14,18H,3-5,8,10-11H2,1-2H3. The van der Waals surface area contributed by atoms with Crippen molar-refractivity contribution in [3.63, 3.8) is 0 Å². The van der Waals surface area contributed by atoms with Crippen LogP contribution in [-0.4, -0.2) is 6.54 Å². The van der Waals surface area contributed by atoms with E-state index in [1.54, 1.807) is 6.07 Å². The topological polar surface area (TPSA) is 12.0 Å². The molecule has 2 atom stereocenters. The van der Waals surface area contributed by atoms with Crippen LogP contribution in [0.25, 0.3) is 0 Å². The number of hydrogen-bond acceptors (Lipinski definition) is 1.